The van der Waals surface area contributed by atoms with Crippen LogP contribution in [0.25, 0.3) is 11.0 Å². The van der Waals surface area contributed by atoms with Crippen molar-refractivity contribution in [1.29, 1.82) is 0 Å². The van der Waals surface area contributed by atoms with Crippen LogP contribution in [0.1, 0.15) is 43.5 Å². The van der Waals surface area contributed by atoms with Crippen LogP contribution in [0.2, 0.25) is 0 Å². The molecule has 0 bridgehead atoms. The van der Waals surface area contributed by atoms with Crippen LogP contribution in [-0.2, 0) is 12.6 Å². The summed E-state index contributed by atoms with van der Waals surface area (Å²) in [6.45, 7) is 0. The Balaban J connectivity index is 1.87. The molecule has 0 spiro atoms. The van der Waals surface area contributed by atoms with Crippen molar-refractivity contribution in [2.75, 3.05) is 0 Å². The molecule has 1 aliphatic carbocycles. The highest BCUT2D eigenvalue weighted by Gasteiger charge is 2.31. The van der Waals surface area contributed by atoms with Crippen molar-refractivity contribution in [3.05, 3.63) is 29.6 Å². The molecule has 1 fully saturated rings. The van der Waals surface area contributed by atoms with Crippen LogP contribution in [0.3, 0.4) is 0 Å². The molecule has 0 amide bonds. The van der Waals surface area contributed by atoms with E-state index in [0.29, 0.717) is 23.3 Å². The number of aromatic nitrogens is 2. The van der Waals surface area contributed by atoms with Gasteiger partial charge in [-0.3, -0.25) is 0 Å². The zero-order chi connectivity index (χ0) is 15.1. The Morgan fingerprint density at radius 1 is 1.19 bits per heavy atom. The fourth-order valence-electron chi connectivity index (χ4n) is 3.09. The summed E-state index contributed by atoms with van der Waals surface area (Å²) < 4.78 is 38.1. The van der Waals surface area contributed by atoms with Crippen molar-refractivity contribution in [2.45, 2.75) is 50.2 Å². The minimum atomic E-state index is -4.34. The van der Waals surface area contributed by atoms with Gasteiger partial charge in [0, 0.05) is 12.0 Å². The van der Waals surface area contributed by atoms with Gasteiger partial charge in [-0.05, 0) is 31.0 Å². The quantitative estimate of drug-likeness (QED) is 0.886. The van der Waals surface area contributed by atoms with Crippen molar-refractivity contribution in [2.24, 2.45) is 5.73 Å². The molecule has 114 valence electrons. The largest absolute Gasteiger partial charge is 0.416 e. The van der Waals surface area contributed by atoms with Crippen molar-refractivity contribution < 1.29 is 13.2 Å². The van der Waals surface area contributed by atoms with Crippen molar-refractivity contribution >= 4 is 11.0 Å². The topological polar surface area (TPSA) is 54.7 Å². The van der Waals surface area contributed by atoms with E-state index in [-0.39, 0.29) is 5.54 Å². The summed E-state index contributed by atoms with van der Waals surface area (Å²) in [5.74, 6) is 0.675. The molecule has 3 N–H and O–H groups in total. The van der Waals surface area contributed by atoms with E-state index >= 15 is 0 Å². The lowest BCUT2D eigenvalue weighted by Crippen LogP contribution is -2.44. The fraction of sp³-hybridized carbons (Fsp3) is 0.533. The molecule has 2 aromatic rings. The van der Waals surface area contributed by atoms with Crippen molar-refractivity contribution in [3.63, 3.8) is 0 Å². The Bertz CT molecular complexity index is 639. The highest BCUT2D eigenvalue weighted by molar-refractivity contribution is 5.76. The molecule has 21 heavy (non-hydrogen) atoms. The van der Waals surface area contributed by atoms with Crippen LogP contribution in [0.5, 0.6) is 0 Å². The summed E-state index contributed by atoms with van der Waals surface area (Å²) in [6.07, 6.45) is 1.55. The number of nitrogens with one attached hydrogen (secondary N) is 1. The predicted molar refractivity (Wildman–Crippen MR) is 74.8 cm³/mol. The Labute approximate surface area is 120 Å². The maximum atomic E-state index is 12.7. The highest BCUT2D eigenvalue weighted by Crippen LogP contribution is 2.32. The summed E-state index contributed by atoms with van der Waals surface area (Å²) in [4.78, 5) is 7.36. The first-order valence-corrected chi connectivity index (χ1v) is 7.21. The first-order valence-electron chi connectivity index (χ1n) is 7.21. The Kier molecular flexibility index (Phi) is 3.43. The van der Waals surface area contributed by atoms with Crippen LogP contribution in [0.4, 0.5) is 13.2 Å². The molecule has 0 saturated heterocycles. The van der Waals surface area contributed by atoms with E-state index in [1.165, 1.54) is 12.5 Å². The number of fused-ring (bicyclic) bond motifs is 1. The average molecular weight is 297 g/mol. The van der Waals surface area contributed by atoms with E-state index in [9.17, 15) is 13.2 Å². The first-order chi connectivity index (χ1) is 9.86. The fourth-order valence-corrected chi connectivity index (χ4v) is 3.09. The number of nitrogens with two attached hydrogens (primary N) is 1. The van der Waals surface area contributed by atoms with Crippen LogP contribution in [0, 0.1) is 0 Å². The summed E-state index contributed by atoms with van der Waals surface area (Å²) in [5, 5.41) is 0. The molecule has 1 aliphatic rings. The molecule has 1 heterocycles. The van der Waals surface area contributed by atoms with Gasteiger partial charge in [0.05, 0.1) is 16.6 Å². The monoisotopic (exact) mass is 297 g/mol. The number of H-pyrrole nitrogens is 1. The first kappa shape index (κ1) is 14.4. The number of rotatable bonds is 2. The van der Waals surface area contributed by atoms with Crippen LogP contribution in [-0.4, -0.2) is 15.5 Å². The van der Waals surface area contributed by atoms with Gasteiger partial charge < -0.3 is 10.7 Å². The molecule has 0 atom stereocenters. The summed E-state index contributed by atoms with van der Waals surface area (Å²) >= 11 is 0. The third-order valence-corrected chi connectivity index (χ3v) is 4.23. The van der Waals surface area contributed by atoms with Gasteiger partial charge >= 0.3 is 6.18 Å². The Morgan fingerprint density at radius 3 is 2.57 bits per heavy atom. The summed E-state index contributed by atoms with van der Waals surface area (Å²) in [6, 6.07) is 3.57. The van der Waals surface area contributed by atoms with Gasteiger partial charge in [-0.25, -0.2) is 4.98 Å². The van der Waals surface area contributed by atoms with E-state index in [1.54, 1.807) is 0 Å². The maximum Gasteiger partial charge on any atom is 0.416 e. The normalized spacial score (nSPS) is 19.0. The van der Waals surface area contributed by atoms with E-state index in [4.69, 9.17) is 5.73 Å². The highest BCUT2D eigenvalue weighted by atomic mass is 19.4. The number of imidazole rings is 1. The number of nitrogens with zero attached hydrogens (tertiary/aromatic N) is 1. The molecule has 0 aliphatic heterocycles. The van der Waals surface area contributed by atoms with Gasteiger partial charge in [-0.2, -0.15) is 13.2 Å². The molecular weight excluding hydrogens is 279 g/mol. The summed E-state index contributed by atoms with van der Waals surface area (Å²) in [5.41, 5.74) is 6.40. The van der Waals surface area contributed by atoms with Crippen molar-refractivity contribution in [3.8, 4) is 0 Å². The van der Waals surface area contributed by atoms with Crippen LogP contribution >= 0.6 is 0 Å². The number of alkyl halides is 3. The molecule has 1 aromatic heterocycles. The molecule has 0 radical (unpaired) electrons. The minimum absolute atomic E-state index is 0.279. The molecular formula is C15H18F3N3. The third-order valence-electron chi connectivity index (χ3n) is 4.23. The zero-order valence-corrected chi connectivity index (χ0v) is 11.6. The SMILES string of the molecule is NC1(Cc2nc3ccc(C(F)(F)F)cc3[nH]2)CCCCC1. The molecule has 1 aromatic carbocycles. The average Bonchev–Trinajstić information content (AvgIpc) is 2.78. The van der Waals surface area contributed by atoms with Gasteiger partial charge in [-0.15, -0.1) is 0 Å². The predicted octanol–water partition coefficient (Wildman–Crippen LogP) is 3.79. The van der Waals surface area contributed by atoms with Gasteiger partial charge in [0.15, 0.2) is 0 Å². The summed E-state index contributed by atoms with van der Waals surface area (Å²) in [7, 11) is 0. The molecule has 1 saturated carbocycles. The molecule has 0 unspecified atom stereocenters. The van der Waals surface area contributed by atoms with E-state index in [1.807, 2.05) is 0 Å². The minimum Gasteiger partial charge on any atom is -0.342 e. The number of benzene rings is 1. The number of hydrogen-bond acceptors (Lipinski definition) is 2. The van der Waals surface area contributed by atoms with E-state index < -0.39 is 11.7 Å². The lowest BCUT2D eigenvalue weighted by Gasteiger charge is -2.32. The second-order valence-electron chi connectivity index (χ2n) is 6.01. The van der Waals surface area contributed by atoms with Crippen molar-refractivity contribution in [1.82, 2.24) is 9.97 Å². The second-order valence-corrected chi connectivity index (χ2v) is 6.01. The van der Waals surface area contributed by atoms with Gasteiger partial charge in [-0.1, -0.05) is 19.3 Å². The number of hydrogen-bond donors (Lipinski definition) is 2. The van der Waals surface area contributed by atoms with Crippen LogP contribution in [0.15, 0.2) is 18.2 Å². The van der Waals surface area contributed by atoms with Gasteiger partial charge in [0.2, 0.25) is 0 Å². The smallest absolute Gasteiger partial charge is 0.342 e. The van der Waals surface area contributed by atoms with Gasteiger partial charge in [0.25, 0.3) is 0 Å². The van der Waals surface area contributed by atoms with E-state index in [2.05, 4.69) is 9.97 Å². The Morgan fingerprint density at radius 2 is 1.90 bits per heavy atom. The van der Waals surface area contributed by atoms with Gasteiger partial charge in [0.1, 0.15) is 5.82 Å². The number of halogens is 3. The lowest BCUT2D eigenvalue weighted by molar-refractivity contribution is -0.137. The lowest BCUT2D eigenvalue weighted by atomic mass is 9.80. The Hall–Kier alpha value is -1.56. The second kappa shape index (κ2) is 5.02. The van der Waals surface area contributed by atoms with Crippen LogP contribution < -0.4 is 5.73 Å². The standard InChI is InChI=1S/C15H18F3N3/c16-15(17,18)10-4-5-11-12(8-10)21-13(20-11)9-14(19)6-2-1-3-7-14/h4-5,8H,1-3,6-7,9,19H2,(H,20,21). The number of aromatic amines is 1. The molecule has 3 nitrogen and oxygen atoms in total. The third kappa shape index (κ3) is 3.05. The molecule has 3 rings (SSSR count). The zero-order valence-electron chi connectivity index (χ0n) is 11.6. The maximum absolute atomic E-state index is 12.7. The van der Waals surface area contributed by atoms with E-state index in [0.717, 1.165) is 37.8 Å². The molecule has 6 heteroatoms.